The van der Waals surface area contributed by atoms with Crippen LogP contribution >= 0.6 is 15.9 Å². The second kappa shape index (κ2) is 8.67. The summed E-state index contributed by atoms with van der Waals surface area (Å²) in [7, 11) is 0. The number of benzene rings is 3. The van der Waals surface area contributed by atoms with Crippen LogP contribution in [-0.4, -0.2) is 34.4 Å². The van der Waals surface area contributed by atoms with Gasteiger partial charge in [-0.15, -0.1) is 0 Å². The SMILES string of the molecule is O=C1Nc2ccccc2[C@]12[C@H]([N+](=O)[O-])[C@@H](c1ccc(OCc3cccc(F)c3)c(Br)c1)[C@H]1CCCN12. The van der Waals surface area contributed by atoms with Crippen LogP contribution in [0, 0.1) is 15.9 Å². The fraction of sp³-hybridized carbons (Fsp3) is 0.296. The Morgan fingerprint density at radius 2 is 2.00 bits per heavy atom. The fourth-order valence-corrected chi connectivity index (χ4v) is 6.92. The van der Waals surface area contributed by atoms with Gasteiger partial charge in [0.1, 0.15) is 18.2 Å². The number of para-hydroxylation sites is 1. The number of anilines is 1. The molecule has 0 unspecified atom stereocenters. The van der Waals surface area contributed by atoms with Gasteiger partial charge in [0.05, 0.1) is 10.4 Å². The van der Waals surface area contributed by atoms with Crippen LogP contribution < -0.4 is 10.1 Å². The van der Waals surface area contributed by atoms with E-state index < -0.39 is 17.5 Å². The Morgan fingerprint density at radius 3 is 2.78 bits per heavy atom. The Balaban J connectivity index is 1.38. The van der Waals surface area contributed by atoms with E-state index >= 15 is 0 Å². The maximum Gasteiger partial charge on any atom is 0.256 e. The molecule has 0 radical (unpaired) electrons. The minimum atomic E-state index is -1.34. The lowest BCUT2D eigenvalue weighted by Crippen LogP contribution is -2.55. The highest BCUT2D eigenvalue weighted by molar-refractivity contribution is 9.10. The summed E-state index contributed by atoms with van der Waals surface area (Å²) in [5, 5.41) is 15.6. The van der Waals surface area contributed by atoms with Crippen molar-refractivity contribution in [2.24, 2.45) is 0 Å². The number of ether oxygens (including phenoxy) is 1. The second-order valence-electron chi connectivity index (χ2n) is 9.53. The molecule has 3 aromatic carbocycles. The predicted octanol–water partition coefficient (Wildman–Crippen LogP) is 5.22. The topological polar surface area (TPSA) is 84.7 Å². The van der Waals surface area contributed by atoms with Crippen molar-refractivity contribution in [2.75, 3.05) is 11.9 Å². The molecule has 1 N–H and O–H groups in total. The van der Waals surface area contributed by atoms with Crippen LogP contribution in [0.25, 0.3) is 0 Å². The zero-order valence-electron chi connectivity index (χ0n) is 19.2. The molecule has 0 saturated carbocycles. The van der Waals surface area contributed by atoms with E-state index in [9.17, 15) is 19.3 Å². The molecule has 0 bridgehead atoms. The van der Waals surface area contributed by atoms with Crippen molar-refractivity contribution in [3.8, 4) is 5.75 Å². The maximum atomic E-state index is 13.5. The Morgan fingerprint density at radius 1 is 1.17 bits per heavy atom. The molecule has 4 atom stereocenters. The van der Waals surface area contributed by atoms with E-state index in [1.165, 1.54) is 12.1 Å². The van der Waals surface area contributed by atoms with Crippen LogP contribution in [0.15, 0.2) is 71.2 Å². The molecule has 3 aromatic rings. The van der Waals surface area contributed by atoms with Gasteiger partial charge in [0.2, 0.25) is 0 Å². The fourth-order valence-electron chi connectivity index (χ4n) is 6.40. The van der Waals surface area contributed by atoms with Crippen molar-refractivity contribution in [1.29, 1.82) is 0 Å². The molecule has 2 saturated heterocycles. The van der Waals surface area contributed by atoms with Crippen LogP contribution in [0.4, 0.5) is 10.1 Å². The summed E-state index contributed by atoms with van der Waals surface area (Å²) in [5.41, 5.74) is 1.46. The van der Waals surface area contributed by atoms with Gasteiger partial charge in [-0.25, -0.2) is 4.39 Å². The number of nitrogens with one attached hydrogen (secondary N) is 1. The predicted molar refractivity (Wildman–Crippen MR) is 135 cm³/mol. The lowest BCUT2D eigenvalue weighted by atomic mass is 9.77. The van der Waals surface area contributed by atoms with E-state index in [2.05, 4.69) is 26.1 Å². The highest BCUT2D eigenvalue weighted by Crippen LogP contribution is 2.58. The molecular formula is C27H23BrFN3O4. The molecule has 1 amide bonds. The number of amides is 1. The summed E-state index contributed by atoms with van der Waals surface area (Å²) in [6.45, 7) is 0.816. The molecule has 1 spiro atoms. The van der Waals surface area contributed by atoms with Gasteiger partial charge < -0.3 is 10.1 Å². The highest BCUT2D eigenvalue weighted by atomic mass is 79.9. The summed E-state index contributed by atoms with van der Waals surface area (Å²) in [6.07, 6.45) is 1.65. The first kappa shape index (κ1) is 23.1. The van der Waals surface area contributed by atoms with Crippen molar-refractivity contribution in [2.45, 2.75) is 43.0 Å². The molecule has 3 aliphatic rings. The molecule has 7 nitrogen and oxygen atoms in total. The third kappa shape index (κ3) is 3.37. The minimum absolute atomic E-state index is 0.136. The molecular weight excluding hydrogens is 529 g/mol. The van der Waals surface area contributed by atoms with Gasteiger partial charge in [-0.2, -0.15) is 0 Å². The number of halogens is 2. The van der Waals surface area contributed by atoms with E-state index in [4.69, 9.17) is 4.74 Å². The Kier molecular flexibility index (Phi) is 5.57. The molecule has 2 fully saturated rings. The van der Waals surface area contributed by atoms with Crippen molar-refractivity contribution < 1.29 is 18.8 Å². The van der Waals surface area contributed by atoms with Crippen LogP contribution in [0.3, 0.4) is 0 Å². The lowest BCUT2D eigenvalue weighted by molar-refractivity contribution is -0.534. The summed E-state index contributed by atoms with van der Waals surface area (Å²) in [6, 6.07) is 17.7. The quantitative estimate of drug-likeness (QED) is 0.347. The number of hydrogen-bond acceptors (Lipinski definition) is 5. The molecule has 3 heterocycles. The number of hydrogen-bond donors (Lipinski definition) is 1. The number of carbonyl (C=O) groups excluding carboxylic acids is 1. The van der Waals surface area contributed by atoms with E-state index in [-0.39, 0.29) is 29.3 Å². The van der Waals surface area contributed by atoms with E-state index in [0.29, 0.717) is 33.6 Å². The normalized spacial score (nSPS) is 26.6. The smallest absolute Gasteiger partial charge is 0.256 e. The maximum absolute atomic E-state index is 13.5. The number of rotatable bonds is 5. The highest BCUT2D eigenvalue weighted by Gasteiger charge is 2.73. The van der Waals surface area contributed by atoms with Crippen molar-refractivity contribution in [3.63, 3.8) is 0 Å². The summed E-state index contributed by atoms with van der Waals surface area (Å²) in [5.74, 6) is -0.576. The van der Waals surface area contributed by atoms with Gasteiger partial charge in [-0.1, -0.05) is 36.4 Å². The van der Waals surface area contributed by atoms with Crippen molar-refractivity contribution in [1.82, 2.24) is 4.90 Å². The summed E-state index contributed by atoms with van der Waals surface area (Å²) >= 11 is 3.56. The molecule has 184 valence electrons. The lowest BCUT2D eigenvalue weighted by Gasteiger charge is -2.32. The van der Waals surface area contributed by atoms with Gasteiger partial charge in [0.15, 0.2) is 5.54 Å². The zero-order chi connectivity index (χ0) is 25.0. The minimum Gasteiger partial charge on any atom is -0.488 e. The Labute approximate surface area is 215 Å². The molecule has 36 heavy (non-hydrogen) atoms. The molecule has 0 aromatic heterocycles. The first-order valence-corrected chi connectivity index (χ1v) is 12.7. The molecule has 9 heteroatoms. The first-order valence-electron chi connectivity index (χ1n) is 11.9. The van der Waals surface area contributed by atoms with E-state index in [1.807, 2.05) is 30.3 Å². The number of fused-ring (bicyclic) bond motifs is 4. The van der Waals surface area contributed by atoms with Crippen molar-refractivity contribution in [3.05, 3.63) is 104 Å². The third-order valence-corrected chi connectivity index (χ3v) is 8.34. The molecule has 0 aliphatic carbocycles. The molecule has 6 rings (SSSR count). The van der Waals surface area contributed by atoms with E-state index in [1.54, 1.807) is 24.3 Å². The third-order valence-electron chi connectivity index (χ3n) is 7.72. The van der Waals surface area contributed by atoms with Gasteiger partial charge in [-0.3, -0.25) is 19.8 Å². The summed E-state index contributed by atoms with van der Waals surface area (Å²) < 4.78 is 20.0. The summed E-state index contributed by atoms with van der Waals surface area (Å²) in [4.78, 5) is 28.0. The first-order chi connectivity index (χ1) is 17.4. The zero-order valence-corrected chi connectivity index (χ0v) is 20.8. The van der Waals surface area contributed by atoms with Gasteiger partial charge in [0, 0.05) is 28.8 Å². The second-order valence-corrected chi connectivity index (χ2v) is 10.4. The van der Waals surface area contributed by atoms with Gasteiger partial charge in [0.25, 0.3) is 11.9 Å². The number of carbonyl (C=O) groups is 1. The Hall–Kier alpha value is -3.30. The average molecular weight is 552 g/mol. The van der Waals surface area contributed by atoms with Crippen LogP contribution in [-0.2, 0) is 16.9 Å². The van der Waals surface area contributed by atoms with Crippen LogP contribution in [0.1, 0.15) is 35.4 Å². The monoisotopic (exact) mass is 551 g/mol. The largest absolute Gasteiger partial charge is 0.488 e. The standard InChI is InChI=1S/C27H23BrFN3O4/c28-20-14-17(10-11-23(20)36-15-16-5-3-6-18(29)13-16)24-22-9-4-12-31(22)27(25(24)32(34)35)19-7-1-2-8-21(19)30-26(27)33/h1-3,5-8,10-11,13-14,22,24-25H,4,9,12,15H2,(H,30,33)/t22-,24+,25-,27+/m1/s1. The Bertz CT molecular complexity index is 1380. The van der Waals surface area contributed by atoms with Gasteiger partial charge in [-0.05, 0) is 70.2 Å². The average Bonchev–Trinajstić information content (AvgIpc) is 3.51. The van der Waals surface area contributed by atoms with Crippen LogP contribution in [0.5, 0.6) is 5.75 Å². The molecule has 3 aliphatic heterocycles. The van der Waals surface area contributed by atoms with E-state index in [0.717, 1.165) is 18.4 Å². The van der Waals surface area contributed by atoms with Gasteiger partial charge >= 0.3 is 0 Å². The number of nitro groups is 1. The van der Waals surface area contributed by atoms with Crippen molar-refractivity contribution >= 4 is 27.5 Å². The van der Waals surface area contributed by atoms with Crippen LogP contribution in [0.2, 0.25) is 0 Å². The number of nitrogens with zero attached hydrogens (tertiary/aromatic N) is 2.